The number of hydrogen-bond acceptors (Lipinski definition) is 4. The van der Waals surface area contributed by atoms with Gasteiger partial charge in [-0.1, -0.05) is 109 Å². The second-order valence-electron chi connectivity index (χ2n) is 14.6. The van der Waals surface area contributed by atoms with Crippen LogP contribution in [0.1, 0.15) is 27.8 Å². The van der Waals surface area contributed by atoms with Gasteiger partial charge >= 0.3 is 0 Å². The van der Waals surface area contributed by atoms with Crippen molar-refractivity contribution >= 4 is 34.1 Å². The second kappa shape index (κ2) is 17.2. The van der Waals surface area contributed by atoms with E-state index in [9.17, 15) is 10.2 Å². The summed E-state index contributed by atoms with van der Waals surface area (Å²) in [5.74, 6) is 0.599. The van der Waals surface area contributed by atoms with Crippen molar-refractivity contribution < 1.29 is 10.2 Å². The van der Waals surface area contributed by atoms with Gasteiger partial charge < -0.3 is 20.0 Å². The fraction of sp³-hybridized carbons (Fsp3) is 0.0943. The molecular weight excluding hydrogens is 697 g/mol. The van der Waals surface area contributed by atoms with Crippen LogP contribution < -0.4 is 9.80 Å². The van der Waals surface area contributed by atoms with E-state index >= 15 is 0 Å². The van der Waals surface area contributed by atoms with Crippen molar-refractivity contribution in [2.24, 2.45) is 0 Å². The van der Waals surface area contributed by atoms with Crippen LogP contribution in [0.5, 0.6) is 11.5 Å². The van der Waals surface area contributed by atoms with Crippen LogP contribution in [0, 0.1) is 6.92 Å². The van der Waals surface area contributed by atoms with E-state index in [1.807, 2.05) is 24.3 Å². The lowest BCUT2D eigenvalue weighted by molar-refractivity contribution is 0.474. The van der Waals surface area contributed by atoms with Gasteiger partial charge in [-0.15, -0.1) is 0 Å². The van der Waals surface area contributed by atoms with Gasteiger partial charge in [0, 0.05) is 34.1 Å². The van der Waals surface area contributed by atoms with E-state index in [1.54, 1.807) is 24.3 Å². The van der Waals surface area contributed by atoms with Crippen molar-refractivity contribution in [1.82, 2.24) is 0 Å². The number of aromatic hydroxyl groups is 2. The molecule has 0 aliphatic carbocycles. The molecular formula is C53H46N2O2. The molecule has 2 N–H and O–H groups in total. The average molecular weight is 743 g/mol. The van der Waals surface area contributed by atoms with E-state index in [0.717, 1.165) is 70.9 Å². The van der Waals surface area contributed by atoms with Crippen molar-refractivity contribution in [3.05, 3.63) is 228 Å². The lowest BCUT2D eigenvalue weighted by Gasteiger charge is -2.26. The van der Waals surface area contributed by atoms with Gasteiger partial charge in [0.1, 0.15) is 11.5 Å². The number of aryl methyl sites for hydroxylation is 5. The monoisotopic (exact) mass is 742 g/mol. The van der Waals surface area contributed by atoms with E-state index in [1.165, 1.54) is 27.8 Å². The molecule has 4 nitrogen and oxygen atoms in total. The first kappa shape index (κ1) is 36.9. The number of hydrogen-bond donors (Lipinski definition) is 2. The molecule has 0 heterocycles. The Labute approximate surface area is 336 Å². The predicted octanol–water partition coefficient (Wildman–Crippen LogP) is 13.6. The Balaban J connectivity index is 1.01. The summed E-state index contributed by atoms with van der Waals surface area (Å²) in [5.41, 5.74) is 15.1. The normalized spacial score (nSPS) is 11.0. The summed E-state index contributed by atoms with van der Waals surface area (Å²) >= 11 is 0. The van der Waals surface area contributed by atoms with Gasteiger partial charge in [-0.3, -0.25) is 0 Å². The molecule has 8 aromatic carbocycles. The van der Waals surface area contributed by atoms with Crippen LogP contribution in [0.2, 0.25) is 0 Å². The number of para-hydroxylation sites is 1. The van der Waals surface area contributed by atoms with Gasteiger partial charge in [-0.05, 0) is 163 Å². The number of rotatable bonds is 13. The number of nitrogens with zero attached hydrogens (tertiary/aromatic N) is 2. The minimum absolute atomic E-state index is 0.300. The van der Waals surface area contributed by atoms with Gasteiger partial charge in [-0.2, -0.15) is 0 Å². The van der Waals surface area contributed by atoms with Crippen molar-refractivity contribution in [3.63, 3.8) is 0 Å². The summed E-state index contributed by atoms with van der Waals surface area (Å²) in [6.45, 7) is 2.12. The summed E-state index contributed by atoms with van der Waals surface area (Å²) in [6, 6.07) is 69.6. The van der Waals surface area contributed by atoms with Crippen molar-refractivity contribution in [2.45, 2.75) is 32.6 Å². The molecule has 4 heteroatoms. The van der Waals surface area contributed by atoms with E-state index < -0.39 is 0 Å². The fourth-order valence-electron chi connectivity index (χ4n) is 7.30. The maximum Gasteiger partial charge on any atom is 0.115 e. The van der Waals surface area contributed by atoms with E-state index in [2.05, 4.69) is 168 Å². The lowest BCUT2D eigenvalue weighted by Crippen LogP contribution is -2.10. The van der Waals surface area contributed by atoms with Crippen LogP contribution in [-0.2, 0) is 25.7 Å². The van der Waals surface area contributed by atoms with Crippen LogP contribution >= 0.6 is 0 Å². The molecule has 0 aliphatic heterocycles. The SMILES string of the molecule is Cc1ccc(N(c2ccc(CCc3ccc(O)cc3)cc2)c2ccc(-c3ccc(N(c4ccccc4)c4ccc(CCc5ccc(O)cc5)cc4)cc3)cc2)cc1. The average Bonchev–Trinajstić information content (AvgIpc) is 3.26. The third-order valence-electron chi connectivity index (χ3n) is 10.6. The highest BCUT2D eigenvalue weighted by Crippen LogP contribution is 2.38. The zero-order chi connectivity index (χ0) is 39.0. The summed E-state index contributed by atoms with van der Waals surface area (Å²) in [5, 5.41) is 19.3. The maximum atomic E-state index is 9.64. The molecule has 0 spiro atoms. The molecule has 8 rings (SSSR count). The van der Waals surface area contributed by atoms with Crippen LogP contribution in [0.15, 0.2) is 200 Å². The van der Waals surface area contributed by atoms with Crippen molar-refractivity contribution in [2.75, 3.05) is 9.80 Å². The fourth-order valence-corrected chi connectivity index (χ4v) is 7.30. The molecule has 0 bridgehead atoms. The minimum atomic E-state index is 0.300. The molecule has 57 heavy (non-hydrogen) atoms. The molecule has 0 aliphatic rings. The molecule has 0 saturated heterocycles. The molecule has 280 valence electrons. The largest absolute Gasteiger partial charge is 0.508 e. The summed E-state index contributed by atoms with van der Waals surface area (Å²) in [7, 11) is 0. The standard InChI is InChI=1S/C53H46N2O2/c1-39-7-25-47(26-8-39)55(49-29-15-41(16-30-49)10-12-43-19-37-53(57)38-20-43)51-33-23-45(24-34-51)44-21-31-50(32-22-44)54(46-5-3-2-4-6-46)48-27-13-40(14-28-48)9-11-42-17-35-52(56)36-18-42/h2-8,13-38,56-57H,9-12H2,1H3. The lowest BCUT2D eigenvalue weighted by atomic mass is 10.0. The van der Waals surface area contributed by atoms with Gasteiger partial charge in [0.15, 0.2) is 0 Å². The number of phenolic OH excluding ortho intramolecular Hbond substituents is 2. The molecule has 0 radical (unpaired) electrons. The highest BCUT2D eigenvalue weighted by atomic mass is 16.3. The molecule has 0 aromatic heterocycles. The molecule has 0 unspecified atom stereocenters. The third kappa shape index (κ3) is 9.09. The Hall–Kier alpha value is -7.04. The minimum Gasteiger partial charge on any atom is -0.508 e. The van der Waals surface area contributed by atoms with Crippen molar-refractivity contribution in [3.8, 4) is 22.6 Å². The zero-order valence-electron chi connectivity index (χ0n) is 32.2. The number of benzene rings is 8. The molecule has 0 fully saturated rings. The Morgan fingerprint density at radius 3 is 0.895 bits per heavy atom. The van der Waals surface area contributed by atoms with E-state index in [-0.39, 0.29) is 0 Å². The maximum absolute atomic E-state index is 9.64. The summed E-state index contributed by atoms with van der Waals surface area (Å²) in [4.78, 5) is 4.61. The third-order valence-corrected chi connectivity index (χ3v) is 10.6. The summed E-state index contributed by atoms with van der Waals surface area (Å²) in [6.07, 6.45) is 3.71. The van der Waals surface area contributed by atoms with Crippen molar-refractivity contribution in [1.29, 1.82) is 0 Å². The van der Waals surface area contributed by atoms with Crippen LogP contribution in [0.3, 0.4) is 0 Å². The Morgan fingerprint density at radius 1 is 0.298 bits per heavy atom. The Morgan fingerprint density at radius 2 is 0.561 bits per heavy atom. The topological polar surface area (TPSA) is 46.9 Å². The van der Waals surface area contributed by atoms with Gasteiger partial charge in [-0.25, -0.2) is 0 Å². The smallest absolute Gasteiger partial charge is 0.115 e. The molecule has 8 aromatic rings. The van der Waals surface area contributed by atoms with E-state index in [0.29, 0.717) is 11.5 Å². The van der Waals surface area contributed by atoms with E-state index in [4.69, 9.17) is 0 Å². The van der Waals surface area contributed by atoms with Crippen LogP contribution in [-0.4, -0.2) is 10.2 Å². The second-order valence-corrected chi connectivity index (χ2v) is 14.6. The van der Waals surface area contributed by atoms with Gasteiger partial charge in [0.25, 0.3) is 0 Å². The van der Waals surface area contributed by atoms with Crippen LogP contribution in [0.4, 0.5) is 34.1 Å². The van der Waals surface area contributed by atoms with Gasteiger partial charge in [0.05, 0.1) is 0 Å². The Bertz CT molecular complexity index is 2480. The number of anilines is 6. The molecule has 0 amide bonds. The summed E-state index contributed by atoms with van der Waals surface area (Å²) < 4.78 is 0. The van der Waals surface area contributed by atoms with Crippen LogP contribution in [0.25, 0.3) is 11.1 Å². The number of phenols is 2. The van der Waals surface area contributed by atoms with Gasteiger partial charge in [0.2, 0.25) is 0 Å². The quantitative estimate of drug-likeness (QED) is 0.123. The Kier molecular flexibility index (Phi) is 11.1. The first-order valence-electron chi connectivity index (χ1n) is 19.6. The highest BCUT2D eigenvalue weighted by Gasteiger charge is 2.15. The molecule has 0 saturated carbocycles. The first-order valence-corrected chi connectivity index (χ1v) is 19.6. The highest BCUT2D eigenvalue weighted by molar-refractivity contribution is 5.81. The zero-order valence-corrected chi connectivity index (χ0v) is 32.2. The predicted molar refractivity (Wildman–Crippen MR) is 237 cm³/mol. The first-order chi connectivity index (χ1) is 27.9. The molecule has 0 atom stereocenters.